The number of aliphatic imine (C=N–C) groups is 1. The van der Waals surface area contributed by atoms with E-state index in [0.717, 1.165) is 13.1 Å². The molecule has 0 aliphatic carbocycles. The second kappa shape index (κ2) is 6.08. The minimum absolute atomic E-state index is 0.0318. The first-order valence-electron chi connectivity index (χ1n) is 7.12. The van der Waals surface area contributed by atoms with Gasteiger partial charge in [-0.2, -0.15) is 0 Å². The summed E-state index contributed by atoms with van der Waals surface area (Å²) in [5.41, 5.74) is 9.59. The molecule has 118 valence electrons. The molecule has 0 radical (unpaired) electrons. The van der Waals surface area contributed by atoms with Crippen LogP contribution in [0.2, 0.25) is 0 Å². The topological polar surface area (TPSA) is 123 Å². The Labute approximate surface area is 123 Å². The molecule has 0 aromatic heterocycles. The molecule has 0 saturated carbocycles. The molecule has 0 bridgehead atoms. The lowest BCUT2D eigenvalue weighted by atomic mass is 9.88. The van der Waals surface area contributed by atoms with Crippen LogP contribution in [0, 0.1) is 0 Å². The van der Waals surface area contributed by atoms with E-state index in [4.69, 9.17) is 16.2 Å². The predicted molar refractivity (Wildman–Crippen MR) is 77.6 cm³/mol. The SMILES string of the molecule is CC1CN(CCC2(C(N)=O)NCN=C2C(N)=O)CC(C)O1. The number of carbonyl (C=O) groups excluding carboxylic acids is 2. The van der Waals surface area contributed by atoms with Gasteiger partial charge in [0.25, 0.3) is 5.91 Å². The van der Waals surface area contributed by atoms with Crippen LogP contribution in [0.3, 0.4) is 0 Å². The van der Waals surface area contributed by atoms with Crippen molar-refractivity contribution in [3.8, 4) is 0 Å². The van der Waals surface area contributed by atoms with Crippen molar-refractivity contribution in [2.24, 2.45) is 16.5 Å². The Bertz CT molecular complexity index is 457. The number of nitrogens with two attached hydrogens (primary N) is 2. The second-order valence-electron chi connectivity index (χ2n) is 5.74. The maximum Gasteiger partial charge on any atom is 0.265 e. The molecule has 21 heavy (non-hydrogen) atoms. The van der Waals surface area contributed by atoms with Crippen LogP contribution < -0.4 is 16.8 Å². The summed E-state index contributed by atoms with van der Waals surface area (Å²) >= 11 is 0. The predicted octanol–water partition coefficient (Wildman–Crippen LogP) is -1.80. The van der Waals surface area contributed by atoms with Crippen LogP contribution in [0.15, 0.2) is 4.99 Å². The third kappa shape index (κ3) is 3.22. The Hall–Kier alpha value is -1.51. The fraction of sp³-hybridized carbons (Fsp3) is 0.769. The number of primary amides is 2. The van der Waals surface area contributed by atoms with Gasteiger partial charge in [0.15, 0.2) is 0 Å². The lowest BCUT2D eigenvalue weighted by Crippen LogP contribution is -2.62. The summed E-state index contributed by atoms with van der Waals surface area (Å²) in [5.74, 6) is -1.32. The highest BCUT2D eigenvalue weighted by Gasteiger charge is 2.47. The zero-order valence-electron chi connectivity index (χ0n) is 12.5. The number of rotatable bonds is 5. The minimum Gasteiger partial charge on any atom is -0.373 e. The maximum atomic E-state index is 11.9. The van der Waals surface area contributed by atoms with E-state index in [0.29, 0.717) is 13.0 Å². The molecule has 3 unspecified atom stereocenters. The zero-order chi connectivity index (χ0) is 15.6. The molecule has 2 amide bonds. The summed E-state index contributed by atoms with van der Waals surface area (Å²) in [6.45, 7) is 6.37. The molecular weight excluding hydrogens is 274 g/mol. The first kappa shape index (κ1) is 15.9. The summed E-state index contributed by atoms with van der Waals surface area (Å²) in [5, 5.41) is 2.93. The Morgan fingerprint density at radius 3 is 2.52 bits per heavy atom. The van der Waals surface area contributed by atoms with Crippen molar-refractivity contribution in [1.82, 2.24) is 10.2 Å². The average molecular weight is 297 g/mol. The summed E-state index contributed by atoms with van der Waals surface area (Å²) in [4.78, 5) is 29.5. The number of morpholine rings is 1. The first-order valence-corrected chi connectivity index (χ1v) is 7.12. The van der Waals surface area contributed by atoms with Gasteiger partial charge in [-0.05, 0) is 20.3 Å². The molecule has 5 N–H and O–H groups in total. The van der Waals surface area contributed by atoms with Crippen molar-refractivity contribution >= 4 is 17.5 Å². The van der Waals surface area contributed by atoms with E-state index >= 15 is 0 Å². The normalized spacial score (nSPS) is 33.7. The van der Waals surface area contributed by atoms with Crippen molar-refractivity contribution in [1.29, 1.82) is 0 Å². The maximum absolute atomic E-state index is 11.9. The standard InChI is InChI=1S/C13H23N5O3/c1-8-5-18(6-9(2)21-8)4-3-13(12(15)20)10(11(14)19)16-7-17-13/h8-9,17H,3-7H2,1-2H3,(H2,14,19)(H2,15,20). The highest BCUT2D eigenvalue weighted by atomic mass is 16.5. The van der Waals surface area contributed by atoms with E-state index in [1.807, 2.05) is 13.8 Å². The van der Waals surface area contributed by atoms with Crippen LogP contribution in [0.5, 0.6) is 0 Å². The van der Waals surface area contributed by atoms with Gasteiger partial charge in [-0.3, -0.25) is 24.8 Å². The monoisotopic (exact) mass is 297 g/mol. The summed E-state index contributed by atoms with van der Waals surface area (Å²) < 4.78 is 5.67. The number of nitrogens with one attached hydrogen (secondary N) is 1. The summed E-state index contributed by atoms with van der Waals surface area (Å²) in [6.07, 6.45) is 0.641. The van der Waals surface area contributed by atoms with Crippen LogP contribution >= 0.6 is 0 Å². The zero-order valence-corrected chi connectivity index (χ0v) is 12.5. The molecule has 2 aliphatic rings. The van der Waals surface area contributed by atoms with Crippen molar-refractivity contribution in [2.45, 2.75) is 38.0 Å². The van der Waals surface area contributed by atoms with E-state index in [-0.39, 0.29) is 24.6 Å². The van der Waals surface area contributed by atoms with Crippen LogP contribution in [0.1, 0.15) is 20.3 Å². The number of nitrogens with zero attached hydrogens (tertiary/aromatic N) is 2. The lowest BCUT2D eigenvalue weighted by molar-refractivity contribution is -0.123. The van der Waals surface area contributed by atoms with E-state index in [1.54, 1.807) is 0 Å². The van der Waals surface area contributed by atoms with Crippen LogP contribution in [-0.4, -0.2) is 66.5 Å². The van der Waals surface area contributed by atoms with Crippen LogP contribution in [0.25, 0.3) is 0 Å². The fourth-order valence-electron chi connectivity index (χ4n) is 3.09. The molecule has 1 fully saturated rings. The average Bonchev–Trinajstić information content (AvgIpc) is 2.80. The molecule has 0 aromatic carbocycles. The fourth-order valence-corrected chi connectivity index (χ4v) is 3.09. The van der Waals surface area contributed by atoms with Gasteiger partial charge < -0.3 is 16.2 Å². The Kier molecular flexibility index (Phi) is 4.60. The van der Waals surface area contributed by atoms with Crippen LogP contribution in [-0.2, 0) is 14.3 Å². The van der Waals surface area contributed by atoms with Gasteiger partial charge in [0, 0.05) is 19.6 Å². The number of ether oxygens (including phenoxy) is 1. The molecule has 3 atom stereocenters. The summed E-state index contributed by atoms with van der Waals surface area (Å²) in [7, 11) is 0. The highest BCUT2D eigenvalue weighted by Crippen LogP contribution is 2.20. The van der Waals surface area contributed by atoms with E-state index < -0.39 is 17.4 Å². The quantitative estimate of drug-likeness (QED) is 0.552. The minimum atomic E-state index is -1.25. The van der Waals surface area contributed by atoms with E-state index in [9.17, 15) is 9.59 Å². The van der Waals surface area contributed by atoms with Gasteiger partial charge in [-0.15, -0.1) is 0 Å². The molecule has 0 aromatic rings. The third-order valence-electron chi connectivity index (χ3n) is 3.97. The van der Waals surface area contributed by atoms with Gasteiger partial charge in [-0.1, -0.05) is 0 Å². The second-order valence-corrected chi connectivity index (χ2v) is 5.74. The molecule has 2 rings (SSSR count). The van der Waals surface area contributed by atoms with Gasteiger partial charge in [-0.25, -0.2) is 0 Å². The molecule has 0 spiro atoms. The van der Waals surface area contributed by atoms with Gasteiger partial charge in [0.05, 0.1) is 18.9 Å². The van der Waals surface area contributed by atoms with Gasteiger partial charge >= 0.3 is 0 Å². The molecule has 1 saturated heterocycles. The number of carbonyl (C=O) groups is 2. The van der Waals surface area contributed by atoms with Crippen molar-refractivity contribution in [3.63, 3.8) is 0 Å². The molecular formula is C13H23N5O3. The molecule has 2 aliphatic heterocycles. The Morgan fingerprint density at radius 1 is 1.38 bits per heavy atom. The summed E-state index contributed by atoms with van der Waals surface area (Å²) in [6, 6.07) is 0. The van der Waals surface area contributed by atoms with E-state index in [1.165, 1.54) is 0 Å². The molecule has 2 heterocycles. The van der Waals surface area contributed by atoms with Gasteiger partial charge in [0.1, 0.15) is 11.3 Å². The van der Waals surface area contributed by atoms with Gasteiger partial charge in [0.2, 0.25) is 5.91 Å². The Morgan fingerprint density at radius 2 is 2.00 bits per heavy atom. The first-order chi connectivity index (χ1) is 9.85. The lowest BCUT2D eigenvalue weighted by Gasteiger charge is -2.37. The molecule has 8 heteroatoms. The number of amides is 2. The smallest absolute Gasteiger partial charge is 0.265 e. The van der Waals surface area contributed by atoms with E-state index in [2.05, 4.69) is 15.2 Å². The highest BCUT2D eigenvalue weighted by molar-refractivity contribution is 6.46. The largest absolute Gasteiger partial charge is 0.373 e. The van der Waals surface area contributed by atoms with Crippen molar-refractivity contribution in [3.05, 3.63) is 0 Å². The molecule has 8 nitrogen and oxygen atoms in total. The number of hydrogen-bond donors (Lipinski definition) is 3. The number of hydrogen-bond acceptors (Lipinski definition) is 6. The van der Waals surface area contributed by atoms with Crippen molar-refractivity contribution < 1.29 is 14.3 Å². The third-order valence-corrected chi connectivity index (χ3v) is 3.97. The van der Waals surface area contributed by atoms with Crippen LogP contribution in [0.4, 0.5) is 0 Å². The van der Waals surface area contributed by atoms with Crippen molar-refractivity contribution in [2.75, 3.05) is 26.3 Å². The Balaban J connectivity index is 2.06.